The van der Waals surface area contributed by atoms with Crippen LogP contribution in [0.25, 0.3) is 0 Å². The summed E-state index contributed by atoms with van der Waals surface area (Å²) in [6.45, 7) is 0. The highest BCUT2D eigenvalue weighted by Crippen LogP contribution is 2.26. The lowest BCUT2D eigenvalue weighted by Crippen LogP contribution is -2.35. The first kappa shape index (κ1) is 17.0. The fraction of sp³-hybridized carbons (Fsp3) is 0.278. The van der Waals surface area contributed by atoms with Crippen molar-refractivity contribution in [2.24, 2.45) is 5.92 Å². The normalized spacial score (nSPS) is 20.5. The Morgan fingerprint density at radius 1 is 1.04 bits per heavy atom. The molecule has 0 radical (unpaired) electrons. The molecule has 1 N–H and O–H groups in total. The number of rotatable bonds is 4. The Bertz CT molecular complexity index is 819. The van der Waals surface area contributed by atoms with Crippen LogP contribution in [0.2, 0.25) is 5.02 Å². The highest BCUT2D eigenvalue weighted by molar-refractivity contribution is 7.91. The van der Waals surface area contributed by atoms with E-state index in [1.165, 1.54) is 0 Å². The van der Waals surface area contributed by atoms with Crippen molar-refractivity contribution in [2.75, 3.05) is 11.5 Å². The van der Waals surface area contributed by atoms with Crippen LogP contribution in [-0.2, 0) is 14.6 Å². The highest BCUT2D eigenvalue weighted by Gasteiger charge is 2.34. The number of hydrogen-bond acceptors (Lipinski definition) is 3. The van der Waals surface area contributed by atoms with Gasteiger partial charge in [0, 0.05) is 5.02 Å². The molecule has 0 bridgehead atoms. The Labute approximate surface area is 146 Å². The molecule has 1 aliphatic rings. The highest BCUT2D eigenvalue weighted by atomic mass is 35.5. The summed E-state index contributed by atoms with van der Waals surface area (Å²) in [7, 11) is -3.09. The molecule has 1 saturated heterocycles. The van der Waals surface area contributed by atoms with E-state index in [2.05, 4.69) is 5.32 Å². The van der Waals surface area contributed by atoms with Gasteiger partial charge in [0.1, 0.15) is 0 Å². The van der Waals surface area contributed by atoms with E-state index in [9.17, 15) is 13.2 Å². The topological polar surface area (TPSA) is 63.2 Å². The van der Waals surface area contributed by atoms with Crippen LogP contribution >= 0.6 is 11.6 Å². The van der Waals surface area contributed by atoms with Gasteiger partial charge in [0.2, 0.25) is 5.91 Å². The number of hydrogen-bond donors (Lipinski definition) is 1. The number of sulfone groups is 1. The van der Waals surface area contributed by atoms with Gasteiger partial charge in [-0.05, 0) is 29.7 Å². The summed E-state index contributed by atoms with van der Waals surface area (Å²) >= 11 is 5.95. The standard InChI is InChI=1S/C18H18ClNO3S/c19-16-8-6-14(7-9-16)17(13-4-2-1-3-5-13)20-18(21)15-10-11-24(22,23)12-15/h1-9,15,17H,10-12H2,(H,20,21). The van der Waals surface area contributed by atoms with Gasteiger partial charge in [-0.2, -0.15) is 0 Å². The summed E-state index contributed by atoms with van der Waals surface area (Å²) in [5, 5.41) is 3.63. The zero-order chi connectivity index (χ0) is 17.2. The maximum atomic E-state index is 12.6. The van der Waals surface area contributed by atoms with Gasteiger partial charge in [0.15, 0.2) is 9.84 Å². The van der Waals surface area contributed by atoms with Crippen LogP contribution in [0.5, 0.6) is 0 Å². The van der Waals surface area contributed by atoms with E-state index < -0.39 is 15.8 Å². The second-order valence-corrected chi connectivity index (χ2v) is 8.67. The van der Waals surface area contributed by atoms with Crippen molar-refractivity contribution >= 4 is 27.3 Å². The molecule has 24 heavy (non-hydrogen) atoms. The van der Waals surface area contributed by atoms with E-state index in [1.54, 1.807) is 12.1 Å². The smallest absolute Gasteiger partial charge is 0.224 e. The zero-order valence-electron chi connectivity index (χ0n) is 13.0. The Hall–Kier alpha value is -1.85. The Kier molecular flexibility index (Phi) is 4.92. The number of carbonyl (C=O) groups is 1. The van der Waals surface area contributed by atoms with Crippen LogP contribution in [0.4, 0.5) is 0 Å². The van der Waals surface area contributed by atoms with Crippen molar-refractivity contribution in [3.63, 3.8) is 0 Å². The summed E-state index contributed by atoms with van der Waals surface area (Å²) in [6, 6.07) is 16.5. The average Bonchev–Trinajstić information content (AvgIpc) is 2.94. The van der Waals surface area contributed by atoms with Crippen LogP contribution in [0.3, 0.4) is 0 Å². The number of halogens is 1. The molecular weight excluding hydrogens is 346 g/mol. The predicted molar refractivity (Wildman–Crippen MR) is 94.6 cm³/mol. The lowest BCUT2D eigenvalue weighted by Gasteiger charge is -2.21. The first-order valence-electron chi connectivity index (χ1n) is 7.76. The van der Waals surface area contributed by atoms with Crippen LogP contribution in [0.1, 0.15) is 23.6 Å². The largest absolute Gasteiger partial charge is 0.345 e. The fourth-order valence-corrected chi connectivity index (χ4v) is 4.79. The van der Waals surface area contributed by atoms with Crippen molar-refractivity contribution in [3.05, 3.63) is 70.7 Å². The minimum atomic E-state index is -3.09. The number of amides is 1. The van der Waals surface area contributed by atoms with E-state index in [1.807, 2.05) is 42.5 Å². The molecule has 0 aliphatic carbocycles. The van der Waals surface area contributed by atoms with E-state index in [-0.39, 0.29) is 23.5 Å². The van der Waals surface area contributed by atoms with Gasteiger partial charge in [-0.15, -0.1) is 0 Å². The van der Waals surface area contributed by atoms with Gasteiger partial charge in [-0.25, -0.2) is 8.42 Å². The van der Waals surface area contributed by atoms with Gasteiger partial charge in [0.25, 0.3) is 0 Å². The van der Waals surface area contributed by atoms with Crippen LogP contribution in [0, 0.1) is 5.92 Å². The van der Waals surface area contributed by atoms with Crippen molar-refractivity contribution in [1.82, 2.24) is 5.32 Å². The molecular formula is C18H18ClNO3S. The maximum absolute atomic E-state index is 12.6. The molecule has 0 aromatic heterocycles. The summed E-state index contributed by atoms with van der Waals surface area (Å²) < 4.78 is 23.2. The lowest BCUT2D eigenvalue weighted by atomic mass is 9.97. The predicted octanol–water partition coefficient (Wildman–Crippen LogP) is 2.98. The van der Waals surface area contributed by atoms with E-state index in [0.29, 0.717) is 11.4 Å². The fourth-order valence-electron chi connectivity index (χ4n) is 2.92. The first-order chi connectivity index (χ1) is 11.4. The van der Waals surface area contributed by atoms with Gasteiger partial charge >= 0.3 is 0 Å². The van der Waals surface area contributed by atoms with Gasteiger partial charge in [-0.3, -0.25) is 4.79 Å². The quantitative estimate of drug-likeness (QED) is 0.908. The minimum absolute atomic E-state index is 0.0685. The maximum Gasteiger partial charge on any atom is 0.224 e. The van der Waals surface area contributed by atoms with Crippen molar-refractivity contribution in [2.45, 2.75) is 12.5 Å². The van der Waals surface area contributed by atoms with Gasteiger partial charge < -0.3 is 5.32 Å². The van der Waals surface area contributed by atoms with Crippen LogP contribution in [0.15, 0.2) is 54.6 Å². The van der Waals surface area contributed by atoms with Crippen molar-refractivity contribution in [1.29, 1.82) is 0 Å². The molecule has 2 unspecified atom stereocenters. The molecule has 1 aliphatic heterocycles. The van der Waals surface area contributed by atoms with E-state index >= 15 is 0 Å². The lowest BCUT2D eigenvalue weighted by molar-refractivity contribution is -0.124. The minimum Gasteiger partial charge on any atom is -0.345 e. The molecule has 3 rings (SSSR count). The molecule has 6 heteroatoms. The van der Waals surface area contributed by atoms with Crippen molar-refractivity contribution in [3.8, 4) is 0 Å². The Balaban J connectivity index is 1.85. The Morgan fingerprint density at radius 3 is 2.25 bits per heavy atom. The molecule has 1 heterocycles. The second kappa shape index (κ2) is 6.95. The molecule has 126 valence electrons. The Morgan fingerprint density at radius 2 is 1.67 bits per heavy atom. The van der Waals surface area contributed by atoms with Gasteiger partial charge in [0.05, 0.1) is 23.5 Å². The summed E-state index contributed by atoms with van der Waals surface area (Å²) in [5.74, 6) is -0.684. The summed E-state index contributed by atoms with van der Waals surface area (Å²) in [5.41, 5.74) is 1.84. The first-order valence-corrected chi connectivity index (χ1v) is 9.96. The second-order valence-electron chi connectivity index (χ2n) is 6.00. The molecule has 2 aromatic rings. The molecule has 2 aromatic carbocycles. The van der Waals surface area contributed by atoms with Crippen LogP contribution < -0.4 is 5.32 Å². The summed E-state index contributed by atoms with van der Waals surface area (Å²) in [4.78, 5) is 12.6. The molecule has 1 amide bonds. The third-order valence-corrected chi connectivity index (χ3v) is 6.25. The number of nitrogens with one attached hydrogen (secondary N) is 1. The van der Waals surface area contributed by atoms with Gasteiger partial charge in [-0.1, -0.05) is 54.1 Å². The van der Waals surface area contributed by atoms with Crippen molar-refractivity contribution < 1.29 is 13.2 Å². The molecule has 1 fully saturated rings. The third kappa shape index (κ3) is 3.97. The number of benzene rings is 2. The third-order valence-electron chi connectivity index (χ3n) is 4.23. The molecule has 2 atom stereocenters. The number of carbonyl (C=O) groups excluding carboxylic acids is 1. The summed E-state index contributed by atoms with van der Waals surface area (Å²) in [6.07, 6.45) is 0.385. The SMILES string of the molecule is O=C(NC(c1ccccc1)c1ccc(Cl)cc1)C1CCS(=O)(=O)C1. The zero-order valence-corrected chi connectivity index (χ0v) is 14.6. The van der Waals surface area contributed by atoms with Crippen LogP contribution in [-0.4, -0.2) is 25.8 Å². The molecule has 4 nitrogen and oxygen atoms in total. The average molecular weight is 364 g/mol. The monoisotopic (exact) mass is 363 g/mol. The van der Waals surface area contributed by atoms with E-state index in [0.717, 1.165) is 11.1 Å². The molecule has 0 spiro atoms. The molecule has 0 saturated carbocycles. The van der Waals surface area contributed by atoms with E-state index in [4.69, 9.17) is 11.6 Å².